The van der Waals surface area contributed by atoms with Crippen LogP contribution in [-0.2, 0) is 17.9 Å². The number of likely N-dealkylation sites (tertiary alicyclic amines) is 1. The van der Waals surface area contributed by atoms with Gasteiger partial charge in [-0.2, -0.15) is 5.26 Å². The second-order valence-corrected chi connectivity index (χ2v) is 9.04. The largest absolute Gasteiger partial charge is 0.356 e. The summed E-state index contributed by atoms with van der Waals surface area (Å²) in [5.74, 6) is 0.222. The molecule has 2 aromatic rings. The molecule has 2 aliphatic heterocycles. The maximum absolute atomic E-state index is 13.1. The number of fused-ring (bicyclic) bond motifs is 1. The van der Waals surface area contributed by atoms with Gasteiger partial charge in [-0.1, -0.05) is 25.0 Å². The van der Waals surface area contributed by atoms with Crippen molar-refractivity contribution in [3.05, 3.63) is 65.5 Å². The number of pyridine rings is 1. The van der Waals surface area contributed by atoms with Crippen LogP contribution in [0.4, 0.5) is 0 Å². The molecule has 6 nitrogen and oxygen atoms in total. The van der Waals surface area contributed by atoms with Crippen LogP contribution in [-0.4, -0.2) is 52.9 Å². The standard InChI is InChI=1S/C26H33N5O/c27-17-22-6-5-7-23(16-22)18-30-15-10-24-25(20-30)31(19-21-8-12-28-13-9-21)14-4-2-1-3-11-29-26(24)32/h5-9,12-13,16,24-25H,1-4,10-11,14-15,18-20H2,(H,29,32). The molecule has 32 heavy (non-hydrogen) atoms. The molecule has 168 valence electrons. The van der Waals surface area contributed by atoms with Gasteiger partial charge in [0.2, 0.25) is 5.91 Å². The molecule has 0 saturated carbocycles. The highest BCUT2D eigenvalue weighted by Crippen LogP contribution is 2.27. The number of hydrogen-bond acceptors (Lipinski definition) is 5. The van der Waals surface area contributed by atoms with Gasteiger partial charge in [-0.3, -0.25) is 19.6 Å². The van der Waals surface area contributed by atoms with Crippen molar-refractivity contribution in [2.75, 3.05) is 26.2 Å². The van der Waals surface area contributed by atoms with E-state index in [1.807, 2.05) is 30.6 Å². The molecule has 1 aromatic heterocycles. The summed E-state index contributed by atoms with van der Waals surface area (Å²) in [4.78, 5) is 22.3. The second kappa shape index (κ2) is 11.2. The van der Waals surface area contributed by atoms with Crippen molar-refractivity contribution in [3.8, 4) is 6.07 Å². The van der Waals surface area contributed by atoms with Crippen LogP contribution in [0.25, 0.3) is 0 Å². The van der Waals surface area contributed by atoms with Crippen LogP contribution >= 0.6 is 0 Å². The number of aromatic nitrogens is 1. The lowest BCUT2D eigenvalue weighted by Crippen LogP contribution is -2.56. The molecule has 1 N–H and O–H groups in total. The van der Waals surface area contributed by atoms with E-state index in [0.29, 0.717) is 5.56 Å². The fourth-order valence-corrected chi connectivity index (χ4v) is 5.03. The molecule has 0 aliphatic carbocycles. The third kappa shape index (κ3) is 5.93. The zero-order valence-corrected chi connectivity index (χ0v) is 18.7. The van der Waals surface area contributed by atoms with Crippen molar-refractivity contribution < 1.29 is 4.79 Å². The van der Waals surface area contributed by atoms with E-state index in [9.17, 15) is 10.1 Å². The first kappa shape index (κ1) is 22.4. The average Bonchev–Trinajstić information content (AvgIpc) is 2.86. The Morgan fingerprint density at radius 1 is 1.03 bits per heavy atom. The Hall–Kier alpha value is -2.75. The van der Waals surface area contributed by atoms with Gasteiger partial charge in [-0.05, 0) is 67.7 Å². The zero-order chi connectivity index (χ0) is 22.2. The first-order valence-corrected chi connectivity index (χ1v) is 11.8. The molecule has 0 radical (unpaired) electrons. The van der Waals surface area contributed by atoms with Gasteiger partial charge < -0.3 is 5.32 Å². The van der Waals surface area contributed by atoms with E-state index in [-0.39, 0.29) is 17.9 Å². The monoisotopic (exact) mass is 431 g/mol. The van der Waals surface area contributed by atoms with Crippen LogP contribution in [0.3, 0.4) is 0 Å². The highest BCUT2D eigenvalue weighted by atomic mass is 16.1. The summed E-state index contributed by atoms with van der Waals surface area (Å²) < 4.78 is 0. The summed E-state index contributed by atoms with van der Waals surface area (Å²) in [7, 11) is 0. The van der Waals surface area contributed by atoms with Crippen LogP contribution in [0, 0.1) is 17.2 Å². The summed E-state index contributed by atoms with van der Waals surface area (Å²) in [5, 5.41) is 12.5. The molecular weight excluding hydrogens is 398 g/mol. The Kier molecular flexibility index (Phi) is 7.87. The smallest absolute Gasteiger partial charge is 0.224 e. The minimum absolute atomic E-state index is 0.0108. The van der Waals surface area contributed by atoms with E-state index >= 15 is 0 Å². The van der Waals surface area contributed by atoms with Crippen LogP contribution in [0.1, 0.15) is 48.8 Å². The number of rotatable bonds is 4. The lowest BCUT2D eigenvalue weighted by atomic mass is 9.88. The predicted octanol–water partition coefficient (Wildman–Crippen LogP) is 3.34. The quantitative estimate of drug-likeness (QED) is 0.804. The Bertz CT molecular complexity index is 925. The molecule has 1 amide bonds. The summed E-state index contributed by atoms with van der Waals surface area (Å²) in [6.07, 6.45) is 9.15. The predicted molar refractivity (Wildman–Crippen MR) is 124 cm³/mol. The first-order chi connectivity index (χ1) is 15.7. The van der Waals surface area contributed by atoms with Crippen molar-refractivity contribution in [3.63, 3.8) is 0 Å². The molecule has 2 saturated heterocycles. The van der Waals surface area contributed by atoms with Crippen molar-refractivity contribution in [1.82, 2.24) is 20.1 Å². The third-order valence-corrected chi connectivity index (χ3v) is 6.74. The summed E-state index contributed by atoms with van der Waals surface area (Å²) >= 11 is 0. The third-order valence-electron chi connectivity index (χ3n) is 6.74. The van der Waals surface area contributed by atoms with Gasteiger partial charge in [0.25, 0.3) is 0 Å². The Morgan fingerprint density at radius 3 is 2.72 bits per heavy atom. The van der Waals surface area contributed by atoms with Crippen molar-refractivity contribution in [2.24, 2.45) is 5.92 Å². The van der Waals surface area contributed by atoms with E-state index < -0.39 is 0 Å². The van der Waals surface area contributed by atoms with Gasteiger partial charge in [0, 0.05) is 44.6 Å². The molecule has 2 unspecified atom stereocenters. The number of carbonyl (C=O) groups excluding carboxylic acids is 1. The van der Waals surface area contributed by atoms with Crippen LogP contribution in [0.5, 0.6) is 0 Å². The van der Waals surface area contributed by atoms with Crippen LogP contribution in [0.2, 0.25) is 0 Å². The van der Waals surface area contributed by atoms with E-state index in [1.165, 1.54) is 18.4 Å². The van der Waals surface area contributed by atoms with E-state index in [4.69, 9.17) is 0 Å². The molecule has 3 heterocycles. The van der Waals surface area contributed by atoms with Gasteiger partial charge in [-0.25, -0.2) is 0 Å². The number of hydrogen-bond donors (Lipinski definition) is 1. The molecule has 0 spiro atoms. The Labute approximate surface area is 191 Å². The fraction of sp³-hybridized carbons (Fsp3) is 0.500. The van der Waals surface area contributed by atoms with Gasteiger partial charge in [0.05, 0.1) is 17.6 Å². The van der Waals surface area contributed by atoms with Crippen molar-refractivity contribution >= 4 is 5.91 Å². The van der Waals surface area contributed by atoms with Crippen molar-refractivity contribution in [1.29, 1.82) is 5.26 Å². The molecule has 4 rings (SSSR count). The fourth-order valence-electron chi connectivity index (χ4n) is 5.03. The first-order valence-electron chi connectivity index (χ1n) is 11.8. The minimum atomic E-state index is 0.0108. The maximum Gasteiger partial charge on any atom is 0.224 e. The number of amides is 1. The average molecular weight is 432 g/mol. The zero-order valence-electron chi connectivity index (χ0n) is 18.7. The summed E-state index contributed by atoms with van der Waals surface area (Å²) in [5.41, 5.74) is 3.10. The lowest BCUT2D eigenvalue weighted by molar-refractivity contribution is -0.129. The van der Waals surface area contributed by atoms with Gasteiger partial charge in [-0.15, -0.1) is 0 Å². The minimum Gasteiger partial charge on any atom is -0.356 e. The van der Waals surface area contributed by atoms with Gasteiger partial charge in [0.1, 0.15) is 0 Å². The summed E-state index contributed by atoms with van der Waals surface area (Å²) in [6, 6.07) is 14.4. The Balaban J connectivity index is 1.55. The molecule has 1 aromatic carbocycles. The number of nitrogens with one attached hydrogen (secondary N) is 1. The molecule has 2 aliphatic rings. The van der Waals surface area contributed by atoms with Crippen LogP contribution < -0.4 is 5.32 Å². The molecular formula is C26H33N5O. The highest BCUT2D eigenvalue weighted by Gasteiger charge is 2.37. The number of nitriles is 1. The second-order valence-electron chi connectivity index (χ2n) is 9.04. The number of carbonyl (C=O) groups is 1. The molecule has 2 atom stereocenters. The number of benzene rings is 1. The molecule has 6 heteroatoms. The molecule has 2 fully saturated rings. The normalized spacial score (nSPS) is 23.4. The lowest BCUT2D eigenvalue weighted by Gasteiger charge is -2.43. The van der Waals surface area contributed by atoms with Gasteiger partial charge >= 0.3 is 0 Å². The van der Waals surface area contributed by atoms with Gasteiger partial charge in [0.15, 0.2) is 0 Å². The number of nitrogens with zero attached hydrogens (tertiary/aromatic N) is 4. The van der Waals surface area contributed by atoms with Crippen molar-refractivity contribution in [2.45, 2.75) is 51.2 Å². The summed E-state index contributed by atoms with van der Waals surface area (Å²) in [6.45, 7) is 5.21. The Morgan fingerprint density at radius 2 is 1.88 bits per heavy atom. The van der Waals surface area contributed by atoms with Crippen LogP contribution in [0.15, 0.2) is 48.8 Å². The van der Waals surface area contributed by atoms with E-state index in [1.54, 1.807) is 0 Å². The molecule has 0 bridgehead atoms. The SMILES string of the molecule is N#Cc1cccc(CN2CCC3C(=O)NCCCCCCN(Cc4ccncc4)C3C2)c1. The highest BCUT2D eigenvalue weighted by molar-refractivity contribution is 5.79. The number of piperidine rings is 1. The topological polar surface area (TPSA) is 72.3 Å². The van der Waals surface area contributed by atoms with E-state index in [2.05, 4.69) is 44.4 Å². The van der Waals surface area contributed by atoms with E-state index in [0.717, 1.165) is 64.1 Å². The maximum atomic E-state index is 13.1.